The van der Waals surface area contributed by atoms with Crippen molar-refractivity contribution in [2.45, 2.75) is 46.0 Å². The van der Waals surface area contributed by atoms with Gasteiger partial charge in [-0.25, -0.2) is 0 Å². The summed E-state index contributed by atoms with van der Waals surface area (Å²) in [6.45, 7) is 6.30. The van der Waals surface area contributed by atoms with Gasteiger partial charge in [-0.2, -0.15) is 13.2 Å². The Morgan fingerprint density at radius 3 is 2.43 bits per heavy atom. The Hall–Kier alpha value is -0.750. The van der Waals surface area contributed by atoms with Crippen LogP contribution in [0.1, 0.15) is 32.8 Å². The Balaban J connectivity index is 2.89. The molecule has 0 amide bonds. The van der Waals surface area contributed by atoms with E-state index < -0.39 is 12.7 Å². The van der Waals surface area contributed by atoms with E-state index in [0.717, 1.165) is 18.5 Å². The number of anilines is 1. The van der Waals surface area contributed by atoms with Gasteiger partial charge in [-0.1, -0.05) is 13.0 Å². The third kappa shape index (κ3) is 6.26. The molecular formula is C15H22BrF3N2. The number of rotatable bonds is 7. The lowest BCUT2D eigenvalue weighted by atomic mass is 10.1. The van der Waals surface area contributed by atoms with Crippen LogP contribution < -0.4 is 10.2 Å². The van der Waals surface area contributed by atoms with Crippen LogP contribution in [-0.4, -0.2) is 25.3 Å². The van der Waals surface area contributed by atoms with E-state index in [1.165, 1.54) is 4.90 Å². The molecule has 0 saturated carbocycles. The summed E-state index contributed by atoms with van der Waals surface area (Å²) in [5.41, 5.74) is 1.62. The van der Waals surface area contributed by atoms with Crippen LogP contribution in [0.25, 0.3) is 0 Å². The van der Waals surface area contributed by atoms with Crippen molar-refractivity contribution in [2.75, 3.05) is 18.0 Å². The highest BCUT2D eigenvalue weighted by molar-refractivity contribution is 9.10. The monoisotopic (exact) mass is 366 g/mol. The third-order valence-electron chi connectivity index (χ3n) is 3.05. The standard InChI is InChI=1S/C15H22BrF3N2/c1-4-7-20-9-12-5-6-14(13(16)8-12)21(11(2)3)10-15(17,18)19/h5-6,8,11,20H,4,7,9-10H2,1-3H3. The molecule has 6 heteroatoms. The maximum Gasteiger partial charge on any atom is 0.405 e. The Bertz CT molecular complexity index is 447. The average Bonchev–Trinajstić information content (AvgIpc) is 2.36. The second-order valence-corrected chi connectivity index (χ2v) is 6.15. The van der Waals surface area contributed by atoms with E-state index in [4.69, 9.17) is 0 Å². The Kier molecular flexibility index (Phi) is 7.00. The summed E-state index contributed by atoms with van der Waals surface area (Å²) in [5, 5.41) is 3.27. The molecule has 0 fully saturated rings. The minimum Gasteiger partial charge on any atom is -0.359 e. The zero-order chi connectivity index (χ0) is 16.0. The van der Waals surface area contributed by atoms with Gasteiger partial charge < -0.3 is 10.2 Å². The highest BCUT2D eigenvalue weighted by Crippen LogP contribution is 2.31. The SMILES string of the molecule is CCCNCc1ccc(N(CC(F)(F)F)C(C)C)c(Br)c1. The molecular weight excluding hydrogens is 345 g/mol. The predicted molar refractivity (Wildman–Crippen MR) is 84.7 cm³/mol. The van der Waals surface area contributed by atoms with Crippen molar-refractivity contribution in [1.82, 2.24) is 5.32 Å². The molecule has 21 heavy (non-hydrogen) atoms. The van der Waals surface area contributed by atoms with Gasteiger partial charge in [0, 0.05) is 17.1 Å². The fourth-order valence-corrected chi connectivity index (χ4v) is 2.70. The van der Waals surface area contributed by atoms with Crippen LogP contribution in [0.2, 0.25) is 0 Å². The quantitative estimate of drug-likeness (QED) is 0.702. The van der Waals surface area contributed by atoms with Crippen molar-refractivity contribution >= 4 is 21.6 Å². The number of benzene rings is 1. The van der Waals surface area contributed by atoms with Crippen molar-refractivity contribution in [3.8, 4) is 0 Å². The molecule has 0 heterocycles. The molecule has 1 N–H and O–H groups in total. The van der Waals surface area contributed by atoms with Crippen LogP contribution in [0, 0.1) is 0 Å². The van der Waals surface area contributed by atoms with Gasteiger partial charge in [-0.15, -0.1) is 0 Å². The zero-order valence-electron chi connectivity index (χ0n) is 12.6. The van der Waals surface area contributed by atoms with Crippen molar-refractivity contribution in [3.05, 3.63) is 28.2 Å². The first kappa shape index (κ1) is 18.3. The molecule has 2 nitrogen and oxygen atoms in total. The highest BCUT2D eigenvalue weighted by Gasteiger charge is 2.32. The largest absolute Gasteiger partial charge is 0.405 e. The molecule has 1 aromatic carbocycles. The van der Waals surface area contributed by atoms with E-state index in [1.54, 1.807) is 19.9 Å². The van der Waals surface area contributed by atoms with Crippen molar-refractivity contribution in [2.24, 2.45) is 0 Å². The van der Waals surface area contributed by atoms with Crippen molar-refractivity contribution < 1.29 is 13.2 Å². The van der Waals surface area contributed by atoms with E-state index in [0.29, 0.717) is 16.7 Å². The van der Waals surface area contributed by atoms with Crippen LogP contribution in [-0.2, 0) is 6.54 Å². The molecule has 0 radical (unpaired) electrons. The molecule has 0 aromatic heterocycles. The molecule has 1 aromatic rings. The lowest BCUT2D eigenvalue weighted by Gasteiger charge is -2.31. The predicted octanol–water partition coefficient (Wildman–Crippen LogP) is 4.73. The summed E-state index contributed by atoms with van der Waals surface area (Å²) >= 11 is 3.40. The molecule has 0 spiro atoms. The molecule has 0 aliphatic heterocycles. The molecule has 0 bridgehead atoms. The summed E-state index contributed by atoms with van der Waals surface area (Å²) in [6, 6.07) is 5.27. The van der Waals surface area contributed by atoms with Crippen molar-refractivity contribution in [3.63, 3.8) is 0 Å². The fraction of sp³-hybridized carbons (Fsp3) is 0.600. The van der Waals surface area contributed by atoms with Gasteiger partial charge in [-0.3, -0.25) is 0 Å². The van der Waals surface area contributed by atoms with E-state index in [1.807, 2.05) is 12.1 Å². The normalized spacial score (nSPS) is 12.0. The van der Waals surface area contributed by atoms with Crippen LogP contribution in [0.15, 0.2) is 22.7 Å². The Labute approximate surface area is 132 Å². The van der Waals surface area contributed by atoms with Gasteiger partial charge in [0.1, 0.15) is 6.54 Å². The Morgan fingerprint density at radius 1 is 1.29 bits per heavy atom. The minimum atomic E-state index is -4.22. The van der Waals surface area contributed by atoms with Crippen LogP contribution in [0.5, 0.6) is 0 Å². The van der Waals surface area contributed by atoms with E-state index in [2.05, 4.69) is 28.2 Å². The second kappa shape index (κ2) is 8.03. The first-order valence-corrected chi connectivity index (χ1v) is 7.86. The maximum absolute atomic E-state index is 12.7. The molecule has 0 aliphatic rings. The summed E-state index contributed by atoms with van der Waals surface area (Å²) in [7, 11) is 0. The number of nitrogens with zero attached hydrogens (tertiary/aromatic N) is 1. The minimum absolute atomic E-state index is 0.230. The lowest BCUT2D eigenvalue weighted by molar-refractivity contribution is -0.120. The maximum atomic E-state index is 12.7. The van der Waals surface area contributed by atoms with E-state index in [9.17, 15) is 13.2 Å². The van der Waals surface area contributed by atoms with Crippen LogP contribution >= 0.6 is 15.9 Å². The third-order valence-corrected chi connectivity index (χ3v) is 3.69. The summed E-state index contributed by atoms with van der Waals surface area (Å²) in [5.74, 6) is 0. The number of alkyl halides is 3. The number of hydrogen-bond acceptors (Lipinski definition) is 2. The molecule has 120 valence electrons. The lowest BCUT2D eigenvalue weighted by Crippen LogP contribution is -2.39. The Morgan fingerprint density at radius 2 is 1.95 bits per heavy atom. The van der Waals surface area contributed by atoms with Gasteiger partial charge in [0.05, 0.1) is 5.69 Å². The topological polar surface area (TPSA) is 15.3 Å². The number of hydrogen-bond donors (Lipinski definition) is 1. The summed E-state index contributed by atoms with van der Waals surface area (Å²) < 4.78 is 38.8. The highest BCUT2D eigenvalue weighted by atomic mass is 79.9. The molecule has 0 aliphatic carbocycles. The molecule has 0 atom stereocenters. The summed E-state index contributed by atoms with van der Waals surface area (Å²) in [6.07, 6.45) is -3.17. The summed E-state index contributed by atoms with van der Waals surface area (Å²) in [4.78, 5) is 1.35. The van der Waals surface area contributed by atoms with Gasteiger partial charge >= 0.3 is 6.18 Å². The van der Waals surface area contributed by atoms with Gasteiger partial charge in [0.15, 0.2) is 0 Å². The number of halogens is 4. The van der Waals surface area contributed by atoms with Crippen molar-refractivity contribution in [1.29, 1.82) is 0 Å². The van der Waals surface area contributed by atoms with Crippen LogP contribution in [0.4, 0.5) is 18.9 Å². The first-order valence-electron chi connectivity index (χ1n) is 7.07. The molecule has 0 unspecified atom stereocenters. The molecule has 1 rings (SSSR count). The smallest absolute Gasteiger partial charge is 0.359 e. The van der Waals surface area contributed by atoms with E-state index >= 15 is 0 Å². The number of nitrogens with one attached hydrogen (secondary N) is 1. The van der Waals surface area contributed by atoms with Gasteiger partial charge in [0.25, 0.3) is 0 Å². The fourth-order valence-electron chi connectivity index (χ4n) is 2.04. The van der Waals surface area contributed by atoms with Gasteiger partial charge in [-0.05, 0) is 60.4 Å². The average molecular weight is 367 g/mol. The van der Waals surface area contributed by atoms with E-state index in [-0.39, 0.29) is 6.04 Å². The van der Waals surface area contributed by atoms with Crippen LogP contribution in [0.3, 0.4) is 0 Å². The second-order valence-electron chi connectivity index (χ2n) is 5.30. The molecule has 0 saturated heterocycles. The zero-order valence-corrected chi connectivity index (χ0v) is 14.2. The van der Waals surface area contributed by atoms with Gasteiger partial charge in [0.2, 0.25) is 0 Å². The first-order chi connectivity index (χ1) is 9.74.